The molecule has 23 nitrogen and oxygen atoms in total. The second kappa shape index (κ2) is 46.6. The summed E-state index contributed by atoms with van der Waals surface area (Å²) in [5.74, 6) is 3.46. The first-order valence-corrected chi connectivity index (χ1v) is 45.7. The highest BCUT2D eigenvalue weighted by atomic mass is 16.5. The van der Waals surface area contributed by atoms with Gasteiger partial charge in [-0.3, -0.25) is 29.9 Å². The molecule has 0 spiro atoms. The van der Waals surface area contributed by atoms with Crippen LogP contribution in [-0.2, 0) is 25.5 Å². The van der Waals surface area contributed by atoms with E-state index in [2.05, 4.69) is 314 Å². The van der Waals surface area contributed by atoms with Crippen molar-refractivity contribution in [1.29, 1.82) is 0 Å². The molecule has 6 aromatic heterocycles. The van der Waals surface area contributed by atoms with E-state index in [4.69, 9.17) is 23.9 Å². The zero-order valence-corrected chi connectivity index (χ0v) is 81.4. The van der Waals surface area contributed by atoms with Crippen LogP contribution in [0.1, 0.15) is 253 Å². The summed E-state index contributed by atoms with van der Waals surface area (Å²) in [5, 5.41) is 30.3. The lowest BCUT2D eigenvalue weighted by Crippen LogP contribution is -2.57. The lowest BCUT2D eigenvalue weighted by Gasteiger charge is -2.45. The van der Waals surface area contributed by atoms with Gasteiger partial charge in [-0.15, -0.1) is 0 Å². The lowest BCUT2D eigenvalue weighted by molar-refractivity contribution is -0.0484. The molecule has 122 heavy (non-hydrogen) atoms. The molecular weight excluding hydrogens is 1530 g/mol. The second-order valence-electron chi connectivity index (χ2n) is 40.2. The quantitative estimate of drug-likeness (QED) is 0.0577. The van der Waals surface area contributed by atoms with Crippen LogP contribution in [-0.4, -0.2) is 285 Å². The Hall–Kier alpha value is -6.74. The Labute approximate surface area is 739 Å². The first-order valence-electron chi connectivity index (χ1n) is 45.7. The van der Waals surface area contributed by atoms with Crippen LogP contribution in [0.4, 0.5) is 34.1 Å². The van der Waals surface area contributed by atoms with Crippen molar-refractivity contribution in [3.05, 3.63) is 144 Å². The molecule has 23 heteroatoms. The fraction of sp³-hybridized carbons (Fsp3) is 0.697. The monoisotopic (exact) mass is 1690 g/mol. The first kappa shape index (κ1) is 102. The van der Waals surface area contributed by atoms with Gasteiger partial charge in [-0.2, -0.15) is 0 Å². The first-order chi connectivity index (χ1) is 57.2. The van der Waals surface area contributed by atoms with Crippen molar-refractivity contribution in [2.45, 2.75) is 272 Å². The van der Waals surface area contributed by atoms with Gasteiger partial charge in [0, 0.05) is 148 Å². The number of pyridine rings is 6. The number of likely N-dealkylation sites (N-methyl/N-ethyl adjacent to an activating group) is 3. The summed E-state index contributed by atoms with van der Waals surface area (Å²) in [6.45, 7) is 62.2. The average molecular weight is 1690 g/mol. The van der Waals surface area contributed by atoms with Crippen LogP contribution in [0.25, 0.3) is 0 Å². The third kappa shape index (κ3) is 30.2. The van der Waals surface area contributed by atoms with Crippen molar-refractivity contribution in [3.8, 4) is 0 Å². The minimum absolute atomic E-state index is 0.0178. The molecule has 0 aliphatic carbocycles. The maximum Gasteiger partial charge on any atom is 0.0948 e. The van der Waals surface area contributed by atoms with Crippen LogP contribution in [0, 0.1) is 11.8 Å². The van der Waals surface area contributed by atoms with Gasteiger partial charge in [0.2, 0.25) is 0 Å². The smallest absolute Gasteiger partial charge is 0.0948 e. The minimum Gasteiger partial charge on any atom is -0.390 e. The summed E-state index contributed by atoms with van der Waals surface area (Å²) in [6.07, 6.45) is 14.6. The van der Waals surface area contributed by atoms with Gasteiger partial charge >= 0.3 is 0 Å². The molecule has 0 saturated carbocycles. The van der Waals surface area contributed by atoms with E-state index in [-0.39, 0.29) is 34.9 Å². The molecule has 3 N–H and O–H groups in total. The van der Waals surface area contributed by atoms with Crippen molar-refractivity contribution in [3.63, 3.8) is 0 Å². The Morgan fingerprint density at radius 3 is 0.893 bits per heavy atom. The van der Waals surface area contributed by atoms with E-state index in [1.807, 2.05) is 72.8 Å². The molecule has 6 fully saturated rings. The zero-order chi connectivity index (χ0) is 90.4. The van der Waals surface area contributed by atoms with E-state index < -0.39 is 17.3 Å². The van der Waals surface area contributed by atoms with E-state index in [1.165, 1.54) is 28.4 Å². The topological polar surface area (TPSA) is 207 Å². The molecule has 0 bridgehead atoms. The van der Waals surface area contributed by atoms with E-state index in [9.17, 15) is 15.3 Å². The van der Waals surface area contributed by atoms with Gasteiger partial charge in [0.1, 0.15) is 0 Å². The summed E-state index contributed by atoms with van der Waals surface area (Å²) in [7, 11) is 16.8. The van der Waals surface area contributed by atoms with Gasteiger partial charge in [0.25, 0.3) is 0 Å². The molecule has 6 aliphatic rings. The maximum absolute atomic E-state index is 10.2. The number of aliphatic hydroxyl groups is 3. The highest BCUT2D eigenvalue weighted by Gasteiger charge is 2.40. The van der Waals surface area contributed by atoms with Crippen LogP contribution in [0.5, 0.6) is 0 Å². The normalized spacial score (nSPS) is 20.5. The Bertz CT molecular complexity index is 3670. The predicted octanol–water partition coefficient (Wildman–Crippen LogP) is 16.1. The van der Waals surface area contributed by atoms with Crippen molar-refractivity contribution < 1.29 is 34.3 Å². The SMILES string of the molecule is CC(C)c1ccc(N2CCCC(C(C)(C)O)C2)cn1.CC(C)c1ccc(N2CCC[C@@H](C(C)(C)O)C2)cn1.CC(C)c1ccc(N2CCOC(C(C)(C)N(C)C)C2)cn1.CC(C)c1ccc(N2CCOC[C@H](O)C2)c(CN(C)C)n1.CC(C)c1ccc(N2CCO[C@@H](C(C)(C)N(C)C)C2)cn1.CC(C)c1ccc(N2CCO[C@H](C(C)(C)N(C)C)C2)cn1. The fourth-order valence-corrected chi connectivity index (χ4v) is 15.6. The van der Waals surface area contributed by atoms with Crippen LogP contribution in [0.15, 0.2) is 104 Å². The number of β-amino-alcohol motifs (C(OH)–C–C–N with tert-alkyl or cyclic N) is 1. The molecule has 6 aliphatic heterocycles. The zero-order valence-electron chi connectivity index (χ0n) is 81.4. The van der Waals surface area contributed by atoms with Crippen molar-refractivity contribution in [2.75, 3.05) is 197 Å². The van der Waals surface area contributed by atoms with Crippen LogP contribution in [0.3, 0.4) is 0 Å². The molecule has 0 aromatic carbocycles. The molecule has 0 amide bonds. The van der Waals surface area contributed by atoms with Crippen molar-refractivity contribution in [1.82, 2.24) is 49.5 Å². The number of aliphatic hydroxyl groups excluding tert-OH is 1. The number of piperidine rings is 2. The average Bonchev–Trinajstić information content (AvgIpc) is 0.977. The molecule has 2 unspecified atom stereocenters. The van der Waals surface area contributed by atoms with Gasteiger partial charge in [0.05, 0.1) is 139 Å². The number of aromatic nitrogens is 6. The Morgan fingerprint density at radius 2 is 0.639 bits per heavy atom. The third-order valence-electron chi connectivity index (χ3n) is 26.1. The van der Waals surface area contributed by atoms with Gasteiger partial charge < -0.3 is 83.3 Å². The molecule has 6 atom stereocenters. The number of anilines is 6. The number of rotatable bonds is 22. The molecule has 6 aromatic rings. The minimum atomic E-state index is -0.593. The Balaban J connectivity index is 0.000000202. The summed E-state index contributed by atoms with van der Waals surface area (Å²) in [6, 6.07) is 25.8. The summed E-state index contributed by atoms with van der Waals surface area (Å²) in [4.78, 5) is 50.5. The maximum atomic E-state index is 10.2. The number of morpholine rings is 3. The number of hydrogen-bond acceptors (Lipinski definition) is 23. The van der Waals surface area contributed by atoms with E-state index in [0.717, 1.165) is 170 Å². The number of nitrogens with zero attached hydrogens (tertiary/aromatic N) is 16. The fourth-order valence-electron chi connectivity index (χ4n) is 15.6. The highest BCUT2D eigenvalue weighted by molar-refractivity contribution is 5.53. The van der Waals surface area contributed by atoms with Crippen molar-refractivity contribution in [2.24, 2.45) is 11.8 Å². The molecule has 684 valence electrons. The van der Waals surface area contributed by atoms with Gasteiger partial charge in [0.15, 0.2) is 0 Å². The van der Waals surface area contributed by atoms with Crippen LogP contribution < -0.4 is 29.4 Å². The van der Waals surface area contributed by atoms with Crippen molar-refractivity contribution >= 4 is 34.1 Å². The number of hydrogen-bond donors (Lipinski definition) is 3. The summed E-state index contributed by atoms with van der Waals surface area (Å²) in [5.41, 5.74) is 13.8. The molecule has 12 heterocycles. The third-order valence-corrected chi connectivity index (χ3v) is 26.1. The highest BCUT2D eigenvalue weighted by Crippen LogP contribution is 2.35. The summed E-state index contributed by atoms with van der Waals surface area (Å²) >= 11 is 0. The standard InChI is InChI=1S/3C17H29N3O.C16H27N3O2.2C16H26N2O/c3*1-13(2)15-8-7-14(11-18-15)20-9-10-21-16(12-20)17(3,4)19(5)6;1-12(2)14-5-6-16(15(17-14)10-18(3)4)19-7-8-21-11-13(20)9-19;2*1-12(2)15-8-7-14(10-17-15)18-9-5-6-13(11-18)16(3,4)19/h3*7-8,11,13,16H,9-10,12H2,1-6H3;5-6,12-13,20H,7-11H2,1-4H3;2*7-8,10,12-13,19H,5-6,9,11H2,1-4H3/t2*16-;;2*13-;/m10.11./s1. The van der Waals surface area contributed by atoms with Gasteiger partial charge in [-0.05, 0) is 260 Å². The van der Waals surface area contributed by atoms with Gasteiger partial charge in [-0.1, -0.05) is 83.1 Å². The molecule has 0 radical (unpaired) electrons. The molecular formula is C99H166N16O7. The van der Waals surface area contributed by atoms with Gasteiger partial charge in [-0.25, -0.2) is 0 Å². The van der Waals surface area contributed by atoms with E-state index in [1.54, 1.807) is 0 Å². The molecule has 6 saturated heterocycles. The predicted molar refractivity (Wildman–Crippen MR) is 508 cm³/mol. The van der Waals surface area contributed by atoms with E-state index >= 15 is 0 Å². The van der Waals surface area contributed by atoms with Crippen LogP contribution >= 0.6 is 0 Å². The lowest BCUT2D eigenvalue weighted by atomic mass is 9.84. The molecule has 12 rings (SSSR count). The summed E-state index contributed by atoms with van der Waals surface area (Å²) < 4.78 is 23.5. The second-order valence-corrected chi connectivity index (χ2v) is 40.2. The van der Waals surface area contributed by atoms with Crippen LogP contribution in [0.2, 0.25) is 0 Å². The largest absolute Gasteiger partial charge is 0.390 e. The number of ether oxygens (including phenoxy) is 4. The Morgan fingerprint density at radius 1 is 0.361 bits per heavy atom. The van der Waals surface area contributed by atoms with E-state index in [0.29, 0.717) is 67.1 Å². The Kier molecular flexibility index (Phi) is 39.1.